The van der Waals surface area contributed by atoms with Crippen molar-refractivity contribution >= 4 is 10.0 Å². The molecule has 1 saturated heterocycles. The normalized spacial score (nSPS) is 19.6. The van der Waals surface area contributed by atoms with Gasteiger partial charge < -0.3 is 4.98 Å². The number of nitrogens with zero attached hydrogens (tertiary/aromatic N) is 2. The van der Waals surface area contributed by atoms with Crippen LogP contribution < -0.4 is 5.69 Å². The highest BCUT2D eigenvalue weighted by Gasteiger charge is 2.31. The monoisotopic (exact) mass is 333 g/mol. The van der Waals surface area contributed by atoms with Gasteiger partial charge in [-0.2, -0.15) is 4.31 Å². The van der Waals surface area contributed by atoms with E-state index in [4.69, 9.17) is 0 Å². The average Bonchev–Trinajstić information content (AvgIpc) is 2.55. The van der Waals surface area contributed by atoms with Crippen LogP contribution in [0.1, 0.15) is 30.0 Å². The summed E-state index contributed by atoms with van der Waals surface area (Å²) in [5.74, 6) is -0.0155. The summed E-state index contributed by atoms with van der Waals surface area (Å²) in [5.41, 5.74) is 1.09. The van der Waals surface area contributed by atoms with Crippen molar-refractivity contribution in [1.82, 2.24) is 14.3 Å². The van der Waals surface area contributed by atoms with Crippen molar-refractivity contribution in [2.24, 2.45) is 0 Å². The van der Waals surface area contributed by atoms with E-state index < -0.39 is 15.7 Å². The van der Waals surface area contributed by atoms with E-state index in [9.17, 15) is 13.2 Å². The van der Waals surface area contributed by atoms with Gasteiger partial charge in [-0.15, -0.1) is 0 Å². The second kappa shape index (κ2) is 6.25. The third kappa shape index (κ3) is 3.20. The maximum absolute atomic E-state index is 12.9. The van der Waals surface area contributed by atoms with Crippen LogP contribution in [-0.4, -0.2) is 35.8 Å². The van der Waals surface area contributed by atoms with E-state index in [1.807, 2.05) is 6.07 Å². The molecule has 6 nitrogen and oxygen atoms in total. The maximum atomic E-state index is 12.9. The second-order valence-electron chi connectivity index (χ2n) is 5.80. The van der Waals surface area contributed by atoms with Gasteiger partial charge in [0.15, 0.2) is 0 Å². The summed E-state index contributed by atoms with van der Waals surface area (Å²) in [6, 6.07) is 8.75. The van der Waals surface area contributed by atoms with Crippen LogP contribution in [0.4, 0.5) is 0 Å². The lowest BCUT2D eigenvalue weighted by Gasteiger charge is -2.32. The second-order valence-corrected chi connectivity index (χ2v) is 7.70. The molecule has 1 aliphatic rings. The van der Waals surface area contributed by atoms with Gasteiger partial charge in [0.25, 0.3) is 0 Å². The van der Waals surface area contributed by atoms with E-state index >= 15 is 0 Å². The Balaban J connectivity index is 1.89. The number of hydrogen-bond donors (Lipinski definition) is 1. The van der Waals surface area contributed by atoms with Crippen LogP contribution in [0.15, 0.2) is 46.2 Å². The highest BCUT2D eigenvalue weighted by molar-refractivity contribution is 7.89. The van der Waals surface area contributed by atoms with E-state index in [0.717, 1.165) is 24.1 Å². The molecule has 0 spiro atoms. The molecule has 0 radical (unpaired) electrons. The van der Waals surface area contributed by atoms with Crippen molar-refractivity contribution < 1.29 is 8.42 Å². The van der Waals surface area contributed by atoms with Crippen molar-refractivity contribution in [2.45, 2.75) is 30.6 Å². The number of aromatic nitrogens is 2. The highest BCUT2D eigenvalue weighted by atomic mass is 32.2. The fraction of sp³-hybridized carbons (Fsp3) is 0.375. The van der Waals surface area contributed by atoms with Gasteiger partial charge in [0.2, 0.25) is 10.0 Å². The van der Waals surface area contributed by atoms with Gasteiger partial charge in [0.05, 0.1) is 4.90 Å². The molecule has 23 heavy (non-hydrogen) atoms. The summed E-state index contributed by atoms with van der Waals surface area (Å²) in [4.78, 5) is 18.1. The Morgan fingerprint density at radius 1 is 1.26 bits per heavy atom. The first-order chi connectivity index (χ1) is 11.0. The summed E-state index contributed by atoms with van der Waals surface area (Å²) in [6.07, 6.45) is 3.07. The van der Waals surface area contributed by atoms with Gasteiger partial charge in [-0.05, 0) is 37.5 Å². The van der Waals surface area contributed by atoms with E-state index in [1.54, 1.807) is 31.2 Å². The van der Waals surface area contributed by atoms with Crippen LogP contribution in [0.5, 0.6) is 0 Å². The number of H-pyrrole nitrogens is 1. The van der Waals surface area contributed by atoms with Crippen molar-refractivity contribution in [3.8, 4) is 0 Å². The largest absolute Gasteiger partial charge is 0.345 e. The third-order valence-corrected chi connectivity index (χ3v) is 6.26. The molecular weight excluding hydrogens is 314 g/mol. The average molecular weight is 333 g/mol. The quantitative estimate of drug-likeness (QED) is 0.926. The number of piperidine rings is 1. The molecule has 0 unspecified atom stereocenters. The number of aryl methyl sites for hydroxylation is 1. The van der Waals surface area contributed by atoms with Crippen LogP contribution in [0, 0.1) is 6.92 Å². The molecule has 1 N–H and O–H groups in total. The van der Waals surface area contributed by atoms with Gasteiger partial charge in [0, 0.05) is 30.9 Å². The molecule has 1 aromatic carbocycles. The zero-order valence-corrected chi connectivity index (χ0v) is 13.7. The Labute approximate surface area is 135 Å². The van der Waals surface area contributed by atoms with Crippen molar-refractivity contribution in [3.63, 3.8) is 0 Å². The zero-order chi connectivity index (χ0) is 16.4. The predicted molar refractivity (Wildman–Crippen MR) is 86.8 cm³/mol. The standard InChI is InChI=1S/C16H19N3O3S/c1-12-5-2-3-7-15(12)23(21,22)19-10-4-6-13(11-19)14-8-9-17-16(20)18-14/h2-3,5,7-9,13H,4,6,10-11H2,1H3,(H,17,18,20)/t13-/m1/s1. The fourth-order valence-electron chi connectivity index (χ4n) is 3.02. The molecule has 1 aromatic heterocycles. The molecule has 122 valence electrons. The molecule has 7 heteroatoms. The third-order valence-electron chi connectivity index (χ3n) is 4.23. The minimum atomic E-state index is -3.52. The van der Waals surface area contributed by atoms with Gasteiger partial charge in [0.1, 0.15) is 0 Å². The first kappa shape index (κ1) is 15.9. The van der Waals surface area contributed by atoms with Crippen LogP contribution in [0.2, 0.25) is 0 Å². The molecule has 2 aromatic rings. The number of aromatic amines is 1. The van der Waals surface area contributed by atoms with Gasteiger partial charge in [-0.1, -0.05) is 18.2 Å². The lowest BCUT2D eigenvalue weighted by molar-refractivity contribution is 0.312. The SMILES string of the molecule is Cc1ccccc1S(=O)(=O)N1CCC[C@@H](c2ccnc(=O)[nH]2)C1. The van der Waals surface area contributed by atoms with E-state index in [2.05, 4.69) is 9.97 Å². The van der Waals surface area contributed by atoms with Crippen molar-refractivity contribution in [1.29, 1.82) is 0 Å². The molecule has 0 aliphatic carbocycles. The fourth-order valence-corrected chi connectivity index (χ4v) is 4.77. The van der Waals surface area contributed by atoms with Crippen molar-refractivity contribution in [2.75, 3.05) is 13.1 Å². The number of rotatable bonds is 3. The molecular formula is C16H19N3O3S. The van der Waals surface area contributed by atoms with Crippen LogP contribution >= 0.6 is 0 Å². The topological polar surface area (TPSA) is 83.1 Å². The van der Waals surface area contributed by atoms with Gasteiger partial charge in [-0.3, -0.25) is 0 Å². The van der Waals surface area contributed by atoms with Crippen LogP contribution in [0.3, 0.4) is 0 Å². The summed E-state index contributed by atoms with van der Waals surface area (Å²) >= 11 is 0. The minimum absolute atomic E-state index is 0.0155. The smallest absolute Gasteiger partial charge is 0.309 e. The summed E-state index contributed by atoms with van der Waals surface area (Å²) in [6.45, 7) is 2.67. The number of hydrogen-bond acceptors (Lipinski definition) is 4. The van der Waals surface area contributed by atoms with Crippen LogP contribution in [-0.2, 0) is 10.0 Å². The number of nitrogens with one attached hydrogen (secondary N) is 1. The predicted octanol–water partition coefficient (Wildman–Crippen LogP) is 1.65. The molecule has 0 bridgehead atoms. The van der Waals surface area contributed by atoms with E-state index in [-0.39, 0.29) is 5.92 Å². The Kier molecular flexibility index (Phi) is 4.32. The molecule has 0 amide bonds. The minimum Gasteiger partial charge on any atom is -0.309 e. The maximum Gasteiger partial charge on any atom is 0.345 e. The summed E-state index contributed by atoms with van der Waals surface area (Å²) < 4.78 is 27.3. The molecule has 3 rings (SSSR count). The number of sulfonamides is 1. The molecule has 1 atom stereocenters. The first-order valence-corrected chi connectivity index (χ1v) is 9.03. The summed E-state index contributed by atoms with van der Waals surface area (Å²) in [5, 5.41) is 0. The Hall–Kier alpha value is -1.99. The highest BCUT2D eigenvalue weighted by Crippen LogP contribution is 2.29. The van der Waals surface area contributed by atoms with Crippen LogP contribution in [0.25, 0.3) is 0 Å². The first-order valence-electron chi connectivity index (χ1n) is 7.59. The molecule has 2 heterocycles. The summed E-state index contributed by atoms with van der Waals surface area (Å²) in [7, 11) is -3.52. The molecule has 1 aliphatic heterocycles. The lowest BCUT2D eigenvalue weighted by atomic mass is 9.96. The Bertz CT molecular complexity index is 861. The van der Waals surface area contributed by atoms with E-state index in [1.165, 1.54) is 10.5 Å². The van der Waals surface area contributed by atoms with E-state index in [0.29, 0.717) is 18.0 Å². The Morgan fingerprint density at radius 3 is 2.78 bits per heavy atom. The van der Waals surface area contributed by atoms with Crippen molar-refractivity contribution in [3.05, 3.63) is 58.3 Å². The lowest BCUT2D eigenvalue weighted by Crippen LogP contribution is -2.39. The Morgan fingerprint density at radius 2 is 2.04 bits per heavy atom. The van der Waals surface area contributed by atoms with Gasteiger partial charge in [-0.25, -0.2) is 18.2 Å². The molecule has 1 fully saturated rings. The number of benzene rings is 1. The van der Waals surface area contributed by atoms with Gasteiger partial charge >= 0.3 is 5.69 Å². The zero-order valence-electron chi connectivity index (χ0n) is 12.9. The molecule has 0 saturated carbocycles.